The minimum atomic E-state index is -1.24. The summed E-state index contributed by atoms with van der Waals surface area (Å²) in [7, 11) is 0. The molecule has 0 radical (unpaired) electrons. The third-order valence-corrected chi connectivity index (χ3v) is 2.07. The van der Waals surface area contributed by atoms with E-state index in [2.05, 4.69) is 10.2 Å². The maximum atomic E-state index is 9.03. The largest absolute Gasteiger partial charge is 0.393 e. The molecule has 1 unspecified atom stereocenters. The van der Waals surface area contributed by atoms with E-state index in [1.807, 2.05) is 0 Å². The first kappa shape index (κ1) is 13.5. The Bertz CT molecular complexity index is 298. The molecule has 0 aliphatic heterocycles. The molecule has 15 heavy (non-hydrogen) atoms. The average molecular weight is 214 g/mol. The Morgan fingerprint density at radius 2 is 1.60 bits per heavy atom. The van der Waals surface area contributed by atoms with Crippen molar-refractivity contribution in [3.05, 3.63) is 0 Å². The molecule has 0 saturated heterocycles. The molecule has 0 rings (SSSR count). The first-order valence-electron chi connectivity index (χ1n) is 4.39. The van der Waals surface area contributed by atoms with Crippen molar-refractivity contribution >= 4 is 11.7 Å². The number of hydrogen-bond acceptors (Lipinski definition) is 5. The van der Waals surface area contributed by atoms with Gasteiger partial charge in [-0.3, -0.25) is 10.8 Å². The summed E-state index contributed by atoms with van der Waals surface area (Å²) < 4.78 is 0. The Kier molecular flexibility index (Phi) is 3.91. The molecular weight excluding hydrogens is 196 g/mol. The predicted octanol–water partition coefficient (Wildman–Crippen LogP) is -0.160. The minimum Gasteiger partial charge on any atom is -0.393 e. The van der Waals surface area contributed by atoms with E-state index < -0.39 is 17.7 Å². The fourth-order valence-corrected chi connectivity index (χ4v) is 0.460. The quantitative estimate of drug-likeness (QED) is 0.246. The van der Waals surface area contributed by atoms with Gasteiger partial charge < -0.3 is 16.6 Å². The number of nitrogens with two attached hydrogens (primary N) is 2. The van der Waals surface area contributed by atoms with Gasteiger partial charge >= 0.3 is 0 Å². The summed E-state index contributed by atoms with van der Waals surface area (Å²) >= 11 is 0. The van der Waals surface area contributed by atoms with E-state index in [1.54, 1.807) is 13.8 Å². The van der Waals surface area contributed by atoms with Crippen LogP contribution < -0.4 is 11.5 Å². The molecule has 1 atom stereocenters. The molecule has 0 amide bonds. The summed E-state index contributed by atoms with van der Waals surface area (Å²) in [6.45, 7) is 4.28. The lowest BCUT2D eigenvalue weighted by Gasteiger charge is -2.22. The van der Waals surface area contributed by atoms with Crippen LogP contribution in [0.25, 0.3) is 0 Å². The smallest absolute Gasteiger partial charge is 0.158 e. The first-order chi connectivity index (χ1) is 6.65. The van der Waals surface area contributed by atoms with Gasteiger partial charge in [-0.25, -0.2) is 0 Å². The van der Waals surface area contributed by atoms with Gasteiger partial charge in [0, 0.05) is 0 Å². The maximum Gasteiger partial charge on any atom is 0.158 e. The number of hydrogen-bond donors (Lipinski definition) is 5. The highest BCUT2D eigenvalue weighted by molar-refractivity contribution is 5.88. The highest BCUT2D eigenvalue weighted by Crippen LogP contribution is 2.15. The Labute approximate surface area is 88.6 Å². The van der Waals surface area contributed by atoms with Gasteiger partial charge in [0.2, 0.25) is 0 Å². The van der Waals surface area contributed by atoms with Crippen molar-refractivity contribution in [1.29, 1.82) is 10.8 Å². The van der Waals surface area contributed by atoms with Crippen molar-refractivity contribution in [2.45, 2.75) is 31.8 Å². The zero-order chi connectivity index (χ0) is 12.3. The maximum absolute atomic E-state index is 9.03. The fourth-order valence-electron chi connectivity index (χ4n) is 0.460. The lowest BCUT2D eigenvalue weighted by atomic mass is 10.0. The highest BCUT2D eigenvalue weighted by atomic mass is 16.3. The van der Waals surface area contributed by atoms with E-state index >= 15 is 0 Å². The summed E-state index contributed by atoms with van der Waals surface area (Å²) in [6, 6.07) is 0. The zero-order valence-corrected chi connectivity index (χ0v) is 9.20. The number of aliphatic hydroxyl groups is 1. The number of aliphatic hydroxyl groups excluding tert-OH is 1. The van der Waals surface area contributed by atoms with Gasteiger partial charge in [-0.15, -0.1) is 0 Å². The molecule has 7 nitrogen and oxygen atoms in total. The van der Waals surface area contributed by atoms with Gasteiger partial charge in [0.1, 0.15) is 17.2 Å². The standard InChI is InChI=1S/C8H18N6O/c1-7(2,5(9)10)13-14-8(3,4-15)6(11)12/h15H,4H2,1-3H3,(H3,9,10)(H3,11,12). The predicted molar refractivity (Wildman–Crippen MR) is 58.3 cm³/mol. The third-order valence-electron chi connectivity index (χ3n) is 2.07. The lowest BCUT2D eigenvalue weighted by molar-refractivity contribution is 0.241. The summed E-state index contributed by atoms with van der Waals surface area (Å²) in [5, 5.41) is 31.1. The second-order valence-electron chi connectivity index (χ2n) is 4.02. The van der Waals surface area contributed by atoms with Gasteiger partial charge in [-0.1, -0.05) is 0 Å². The number of nitrogens with one attached hydrogen (secondary N) is 2. The van der Waals surface area contributed by atoms with Gasteiger partial charge in [-0.2, -0.15) is 10.2 Å². The van der Waals surface area contributed by atoms with Gasteiger partial charge in [0.15, 0.2) is 5.54 Å². The number of nitrogens with zero attached hydrogens (tertiary/aromatic N) is 2. The number of amidine groups is 2. The average Bonchev–Trinajstić information content (AvgIpc) is 2.13. The summed E-state index contributed by atoms with van der Waals surface area (Å²) in [5.41, 5.74) is 8.37. The number of rotatable bonds is 5. The zero-order valence-electron chi connectivity index (χ0n) is 9.20. The SMILES string of the molecule is CC(C)(N=NC(C)(CO)C(=N)N)C(=N)N. The van der Waals surface area contributed by atoms with Crippen LogP contribution in [0.3, 0.4) is 0 Å². The van der Waals surface area contributed by atoms with Crippen molar-refractivity contribution in [2.75, 3.05) is 6.61 Å². The van der Waals surface area contributed by atoms with E-state index in [1.165, 1.54) is 6.92 Å². The Balaban J connectivity index is 4.92. The summed E-state index contributed by atoms with van der Waals surface area (Å²) in [4.78, 5) is 0. The second-order valence-corrected chi connectivity index (χ2v) is 4.02. The molecule has 0 aromatic rings. The van der Waals surface area contributed by atoms with Crippen LogP contribution in [0.4, 0.5) is 0 Å². The van der Waals surface area contributed by atoms with E-state index in [9.17, 15) is 0 Å². The van der Waals surface area contributed by atoms with Gasteiger partial charge in [-0.05, 0) is 20.8 Å². The molecule has 7 N–H and O–H groups in total. The Morgan fingerprint density at radius 1 is 1.13 bits per heavy atom. The Morgan fingerprint density at radius 3 is 1.87 bits per heavy atom. The molecule has 0 aliphatic rings. The molecule has 0 heterocycles. The number of azo groups is 1. The van der Waals surface area contributed by atoms with Crippen molar-refractivity contribution in [3.8, 4) is 0 Å². The summed E-state index contributed by atoms with van der Waals surface area (Å²) in [5.74, 6) is -0.428. The van der Waals surface area contributed by atoms with Crippen LogP contribution >= 0.6 is 0 Å². The topological polar surface area (TPSA) is 145 Å². The van der Waals surface area contributed by atoms with Crippen LogP contribution in [0, 0.1) is 10.8 Å². The second kappa shape index (κ2) is 4.35. The molecule has 0 aromatic carbocycles. The van der Waals surface area contributed by atoms with Gasteiger partial charge in [0.25, 0.3) is 0 Å². The van der Waals surface area contributed by atoms with E-state index in [0.29, 0.717) is 0 Å². The van der Waals surface area contributed by atoms with Crippen LogP contribution in [0.5, 0.6) is 0 Å². The minimum absolute atomic E-state index is 0.143. The monoisotopic (exact) mass is 214 g/mol. The molecule has 0 aromatic heterocycles. The summed E-state index contributed by atoms with van der Waals surface area (Å²) in [6.07, 6.45) is 0. The first-order valence-corrected chi connectivity index (χ1v) is 4.39. The van der Waals surface area contributed by atoms with Crippen LogP contribution in [0.15, 0.2) is 10.2 Å². The highest BCUT2D eigenvalue weighted by Gasteiger charge is 2.29. The van der Waals surface area contributed by atoms with Gasteiger partial charge in [0.05, 0.1) is 6.61 Å². The third kappa shape index (κ3) is 3.28. The molecule has 0 fully saturated rings. The molecule has 0 bridgehead atoms. The van der Waals surface area contributed by atoms with Crippen LogP contribution in [0.2, 0.25) is 0 Å². The molecule has 0 spiro atoms. The van der Waals surface area contributed by atoms with Crippen molar-refractivity contribution in [3.63, 3.8) is 0 Å². The van der Waals surface area contributed by atoms with Crippen LogP contribution in [-0.2, 0) is 0 Å². The molecule has 0 aliphatic carbocycles. The fraction of sp³-hybridized carbons (Fsp3) is 0.750. The van der Waals surface area contributed by atoms with E-state index in [-0.39, 0.29) is 11.7 Å². The molecule has 7 heteroatoms. The molecule has 0 saturated carbocycles. The van der Waals surface area contributed by atoms with Crippen molar-refractivity contribution in [2.24, 2.45) is 21.7 Å². The van der Waals surface area contributed by atoms with E-state index in [4.69, 9.17) is 27.4 Å². The van der Waals surface area contributed by atoms with Crippen molar-refractivity contribution in [1.82, 2.24) is 0 Å². The van der Waals surface area contributed by atoms with Crippen LogP contribution in [0.1, 0.15) is 20.8 Å². The normalized spacial score (nSPS) is 16.3. The lowest BCUT2D eigenvalue weighted by Crippen LogP contribution is -2.43. The Hall–Kier alpha value is -1.50. The molecular formula is C8H18N6O. The molecule has 86 valence electrons. The van der Waals surface area contributed by atoms with E-state index in [0.717, 1.165) is 0 Å². The van der Waals surface area contributed by atoms with Crippen molar-refractivity contribution < 1.29 is 5.11 Å². The van der Waals surface area contributed by atoms with Crippen LogP contribution in [-0.4, -0.2) is 34.5 Å².